The van der Waals surface area contributed by atoms with Crippen LogP contribution in [0.2, 0.25) is 0 Å². The Hall–Kier alpha value is -2.78. The first-order valence-electron chi connectivity index (χ1n) is 10.3. The van der Waals surface area contributed by atoms with E-state index in [1.807, 2.05) is 30.3 Å². The summed E-state index contributed by atoms with van der Waals surface area (Å²) >= 11 is 0. The van der Waals surface area contributed by atoms with Crippen LogP contribution in [0, 0.1) is 0 Å². The molecule has 1 unspecified atom stereocenters. The van der Waals surface area contributed by atoms with Gasteiger partial charge in [0.15, 0.2) is 0 Å². The summed E-state index contributed by atoms with van der Waals surface area (Å²) in [5.74, 6) is -0.597. The van der Waals surface area contributed by atoms with Crippen molar-refractivity contribution >= 4 is 41.8 Å². The highest BCUT2D eigenvalue weighted by Crippen LogP contribution is 2.24. The quantitative estimate of drug-likeness (QED) is 0.287. The molecule has 6 nitrogen and oxygen atoms in total. The fourth-order valence-corrected chi connectivity index (χ4v) is 3.97. The lowest BCUT2D eigenvalue weighted by atomic mass is 10.0. The molecular formula is C25H28O6S2. The van der Waals surface area contributed by atoms with Crippen molar-refractivity contribution in [3.63, 3.8) is 0 Å². The summed E-state index contributed by atoms with van der Waals surface area (Å²) in [6.07, 6.45) is 0. The molecule has 0 radical (unpaired) electrons. The zero-order chi connectivity index (χ0) is 24.5. The monoisotopic (exact) mass is 488 g/mol. The van der Waals surface area contributed by atoms with Crippen LogP contribution in [-0.4, -0.2) is 37.4 Å². The summed E-state index contributed by atoms with van der Waals surface area (Å²) in [5, 5.41) is 5.30. The molecule has 176 valence electrons. The van der Waals surface area contributed by atoms with Gasteiger partial charge in [-0.15, -0.1) is 0 Å². The van der Waals surface area contributed by atoms with Gasteiger partial charge in [-0.05, 0) is 39.9 Å². The molecule has 0 heterocycles. The number of hydrogen-bond donors (Lipinski definition) is 2. The Morgan fingerprint density at radius 3 is 1.42 bits per heavy atom. The van der Waals surface area contributed by atoms with Gasteiger partial charge in [-0.25, -0.2) is 0 Å². The molecule has 33 heavy (non-hydrogen) atoms. The Morgan fingerprint density at radius 2 is 1.03 bits per heavy atom. The van der Waals surface area contributed by atoms with Gasteiger partial charge in [0.1, 0.15) is 0 Å². The second kappa shape index (κ2) is 11.9. The van der Waals surface area contributed by atoms with Crippen LogP contribution in [0.3, 0.4) is 0 Å². The van der Waals surface area contributed by atoms with Gasteiger partial charge >= 0.3 is 0 Å². The van der Waals surface area contributed by atoms with E-state index in [9.17, 15) is 16.8 Å². The van der Waals surface area contributed by atoms with Gasteiger partial charge in [-0.3, -0.25) is 9.11 Å². The predicted molar refractivity (Wildman–Crippen MR) is 135 cm³/mol. The average molecular weight is 489 g/mol. The molecule has 0 aliphatic rings. The third-order valence-corrected chi connectivity index (χ3v) is 6.50. The van der Waals surface area contributed by atoms with Gasteiger partial charge in [0.2, 0.25) is 0 Å². The van der Waals surface area contributed by atoms with Crippen LogP contribution in [0.4, 0.5) is 0 Å². The molecular weight excluding hydrogens is 460 g/mol. The molecule has 1 atom stereocenters. The molecule has 0 aromatic heterocycles. The minimum Gasteiger partial charge on any atom is -0.286 e. The Morgan fingerprint density at radius 1 is 0.636 bits per heavy atom. The minimum atomic E-state index is -3.87. The molecule has 4 aromatic carbocycles. The van der Waals surface area contributed by atoms with E-state index in [4.69, 9.17) is 9.11 Å². The van der Waals surface area contributed by atoms with E-state index in [-0.39, 0.29) is 17.4 Å². The van der Waals surface area contributed by atoms with Crippen molar-refractivity contribution in [3.8, 4) is 0 Å². The Balaban J connectivity index is 0.000000190. The van der Waals surface area contributed by atoms with Crippen LogP contribution >= 0.6 is 0 Å². The summed E-state index contributed by atoms with van der Waals surface area (Å²) in [6, 6.07) is 30.6. The number of rotatable bonds is 4. The van der Waals surface area contributed by atoms with Crippen molar-refractivity contribution in [2.24, 2.45) is 0 Å². The van der Waals surface area contributed by atoms with E-state index in [1.54, 1.807) is 6.92 Å². The highest BCUT2D eigenvalue weighted by atomic mass is 32.2. The highest BCUT2D eigenvalue weighted by molar-refractivity contribution is 7.86. The molecule has 8 heteroatoms. The zero-order valence-corrected chi connectivity index (χ0v) is 20.1. The highest BCUT2D eigenvalue weighted by Gasteiger charge is 2.13. The predicted octanol–water partition coefficient (Wildman–Crippen LogP) is 5.57. The smallest absolute Gasteiger partial charge is 0.265 e. The maximum Gasteiger partial charge on any atom is 0.265 e. The van der Waals surface area contributed by atoms with Gasteiger partial charge in [0.05, 0.1) is 11.5 Å². The van der Waals surface area contributed by atoms with E-state index in [1.165, 1.54) is 28.5 Å². The first-order valence-corrected chi connectivity index (χ1v) is 13.5. The van der Waals surface area contributed by atoms with Gasteiger partial charge < -0.3 is 0 Å². The van der Waals surface area contributed by atoms with E-state index in [0.29, 0.717) is 0 Å². The first kappa shape index (κ1) is 26.5. The molecule has 0 bridgehead atoms. The van der Waals surface area contributed by atoms with E-state index < -0.39 is 20.2 Å². The molecule has 0 saturated carbocycles. The number of fused-ring (bicyclic) bond motifs is 3. The largest absolute Gasteiger partial charge is 0.286 e. The third kappa shape index (κ3) is 9.31. The zero-order valence-electron chi connectivity index (χ0n) is 18.5. The molecule has 0 aliphatic heterocycles. The summed E-state index contributed by atoms with van der Waals surface area (Å²) in [5.41, 5.74) is 0.917. The van der Waals surface area contributed by atoms with Crippen molar-refractivity contribution in [1.82, 2.24) is 0 Å². The average Bonchev–Trinajstić information content (AvgIpc) is 2.79. The fraction of sp³-hybridized carbons (Fsp3) is 0.200. The lowest BCUT2D eigenvalue weighted by Crippen LogP contribution is -2.10. The van der Waals surface area contributed by atoms with Crippen molar-refractivity contribution in [1.29, 1.82) is 0 Å². The first-order chi connectivity index (χ1) is 15.5. The second-order valence-corrected chi connectivity index (χ2v) is 10.7. The van der Waals surface area contributed by atoms with Crippen LogP contribution in [0.25, 0.3) is 21.5 Å². The lowest BCUT2D eigenvalue weighted by Gasteiger charge is -2.08. The maximum atomic E-state index is 10.6. The van der Waals surface area contributed by atoms with E-state index in [2.05, 4.69) is 60.7 Å². The fourth-order valence-electron chi connectivity index (χ4n) is 3.15. The van der Waals surface area contributed by atoms with Gasteiger partial charge in [0, 0.05) is 0 Å². The van der Waals surface area contributed by atoms with Crippen LogP contribution < -0.4 is 0 Å². The van der Waals surface area contributed by atoms with Crippen LogP contribution in [0.5, 0.6) is 0 Å². The van der Waals surface area contributed by atoms with E-state index in [0.717, 1.165) is 5.56 Å². The Labute approximate surface area is 195 Å². The Bertz CT molecular complexity index is 1330. The Kier molecular flexibility index (Phi) is 9.55. The summed E-state index contributed by atoms with van der Waals surface area (Å²) in [6.45, 7) is 3.14. The van der Waals surface area contributed by atoms with Crippen molar-refractivity contribution in [3.05, 3.63) is 96.6 Å². The molecule has 4 aromatic rings. The van der Waals surface area contributed by atoms with Gasteiger partial charge in [-0.2, -0.15) is 16.8 Å². The summed E-state index contributed by atoms with van der Waals surface area (Å²) < 4.78 is 56.7. The molecule has 0 amide bonds. The minimum absolute atomic E-state index is 0.170. The SMILES string of the molecule is CC(CS(=O)(=O)O)c1ccccc1.CCS(=O)(=O)O.c1ccc2c(c1)ccc1ccccc12. The summed E-state index contributed by atoms with van der Waals surface area (Å²) in [7, 11) is -7.53. The maximum absolute atomic E-state index is 10.6. The molecule has 2 N–H and O–H groups in total. The molecule has 4 rings (SSSR count). The standard InChI is InChI=1S/C14H10.C9H12O3S.C2H6O3S/c1-3-7-13-11(5-1)9-10-12-6-2-4-8-14(12)13;1-8(7-13(10,11)12)9-5-3-2-4-6-9;1-2-6(3,4)5/h1-10H;2-6,8H,7H2,1H3,(H,10,11,12);2H2,1H3,(H,3,4,5). The van der Waals surface area contributed by atoms with Crippen LogP contribution in [0.1, 0.15) is 25.3 Å². The van der Waals surface area contributed by atoms with E-state index >= 15 is 0 Å². The number of benzene rings is 4. The van der Waals surface area contributed by atoms with Crippen molar-refractivity contribution in [2.45, 2.75) is 19.8 Å². The normalized spacial score (nSPS) is 12.2. The number of hydrogen-bond acceptors (Lipinski definition) is 4. The second-order valence-electron chi connectivity index (χ2n) is 7.44. The third-order valence-electron chi connectivity index (χ3n) is 4.85. The molecule has 0 saturated heterocycles. The van der Waals surface area contributed by atoms with Crippen molar-refractivity contribution in [2.75, 3.05) is 11.5 Å². The van der Waals surface area contributed by atoms with Crippen molar-refractivity contribution < 1.29 is 25.9 Å². The van der Waals surface area contributed by atoms with Crippen LogP contribution in [-0.2, 0) is 20.2 Å². The topological polar surface area (TPSA) is 109 Å². The van der Waals surface area contributed by atoms with Crippen LogP contribution in [0.15, 0.2) is 91.0 Å². The molecule has 0 spiro atoms. The summed E-state index contributed by atoms with van der Waals surface area (Å²) in [4.78, 5) is 0. The van der Waals surface area contributed by atoms with Gasteiger partial charge in [0.25, 0.3) is 20.2 Å². The molecule has 0 aliphatic carbocycles. The molecule has 0 fully saturated rings. The van der Waals surface area contributed by atoms with Gasteiger partial charge in [-0.1, -0.05) is 97.9 Å². The lowest BCUT2D eigenvalue weighted by molar-refractivity contribution is 0.478.